The van der Waals surface area contributed by atoms with E-state index in [1.165, 1.54) is 0 Å². The number of likely N-dealkylation sites (tertiary alicyclic amines) is 1. The van der Waals surface area contributed by atoms with Gasteiger partial charge in [0.15, 0.2) is 5.84 Å². The van der Waals surface area contributed by atoms with Crippen molar-refractivity contribution in [3.63, 3.8) is 0 Å². The van der Waals surface area contributed by atoms with Crippen LogP contribution < -0.4 is 0 Å². The molecule has 0 spiro atoms. The lowest BCUT2D eigenvalue weighted by Gasteiger charge is -2.32. The number of piperidine rings is 1. The molecule has 28 heavy (non-hydrogen) atoms. The molecule has 2 aromatic rings. The van der Waals surface area contributed by atoms with Crippen molar-refractivity contribution in [3.8, 4) is 0 Å². The summed E-state index contributed by atoms with van der Waals surface area (Å²) in [6.07, 6.45) is 1.51. The van der Waals surface area contributed by atoms with Gasteiger partial charge in [-0.1, -0.05) is 42.0 Å². The summed E-state index contributed by atoms with van der Waals surface area (Å²) in [7, 11) is -3.66. The Morgan fingerprint density at radius 3 is 2.86 bits per heavy atom. The highest BCUT2D eigenvalue weighted by Crippen LogP contribution is 2.30. The van der Waals surface area contributed by atoms with Crippen molar-refractivity contribution >= 4 is 21.8 Å². The third-order valence-corrected chi connectivity index (χ3v) is 6.46. The lowest BCUT2D eigenvalue weighted by atomic mass is 9.97. The van der Waals surface area contributed by atoms with E-state index in [-0.39, 0.29) is 23.4 Å². The predicted octanol–water partition coefficient (Wildman–Crippen LogP) is 2.90. The van der Waals surface area contributed by atoms with Gasteiger partial charge in [0.2, 0.25) is 0 Å². The first-order chi connectivity index (χ1) is 13.4. The predicted molar refractivity (Wildman–Crippen MR) is 105 cm³/mol. The number of hydrogen-bond donors (Lipinski definition) is 0. The smallest absolute Gasteiger partial charge is 0.311 e. The highest BCUT2D eigenvalue weighted by molar-refractivity contribution is 7.90. The summed E-state index contributed by atoms with van der Waals surface area (Å²) < 4.78 is 34.1. The zero-order valence-electron chi connectivity index (χ0n) is 15.7. The maximum atomic E-state index is 12.6. The van der Waals surface area contributed by atoms with Crippen LogP contribution in [0.1, 0.15) is 29.5 Å². The molecular weight excluding hydrogens is 376 g/mol. The first-order valence-corrected chi connectivity index (χ1v) is 10.8. The molecule has 0 radical (unpaired) electrons. The highest BCUT2D eigenvalue weighted by Gasteiger charge is 2.35. The Morgan fingerprint density at radius 1 is 1.21 bits per heavy atom. The zero-order valence-corrected chi connectivity index (χ0v) is 16.5. The molecule has 0 bridgehead atoms. The third-order valence-electron chi connectivity index (χ3n) is 5.13. The molecule has 146 valence electrons. The van der Waals surface area contributed by atoms with Crippen LogP contribution in [0.2, 0.25) is 0 Å². The van der Waals surface area contributed by atoms with Crippen LogP contribution in [0.5, 0.6) is 0 Å². The fourth-order valence-corrected chi connectivity index (χ4v) is 4.98. The standard InChI is InChI=1S/C21H22N2O4S/c1-15-6-4-7-16(12-15)14-27-21(24)17-8-5-11-23(13-17)20-18-9-2-3-10-19(18)28(25,26)22-20/h2-4,6-7,9-10,12,17H,5,8,11,13-14H2,1H3/t17-/m0/s1. The maximum Gasteiger partial charge on any atom is 0.311 e. The number of aryl methyl sites for hydroxylation is 1. The fourth-order valence-electron chi connectivity index (χ4n) is 3.75. The van der Waals surface area contributed by atoms with Crippen LogP contribution in [0.3, 0.4) is 0 Å². The van der Waals surface area contributed by atoms with Gasteiger partial charge in [-0.2, -0.15) is 8.42 Å². The molecule has 6 nitrogen and oxygen atoms in total. The van der Waals surface area contributed by atoms with Gasteiger partial charge in [0.1, 0.15) is 11.5 Å². The molecule has 1 saturated heterocycles. The summed E-state index contributed by atoms with van der Waals surface area (Å²) in [5, 5.41) is 0. The van der Waals surface area contributed by atoms with Gasteiger partial charge in [0, 0.05) is 18.7 Å². The van der Waals surface area contributed by atoms with Gasteiger partial charge in [-0.3, -0.25) is 4.79 Å². The van der Waals surface area contributed by atoms with E-state index in [4.69, 9.17) is 4.74 Å². The number of benzene rings is 2. The molecule has 1 atom stereocenters. The Labute approximate surface area is 164 Å². The number of amidine groups is 1. The van der Waals surface area contributed by atoms with Crippen LogP contribution >= 0.6 is 0 Å². The van der Waals surface area contributed by atoms with Crippen molar-refractivity contribution in [1.82, 2.24) is 4.90 Å². The summed E-state index contributed by atoms with van der Waals surface area (Å²) in [5.41, 5.74) is 2.69. The highest BCUT2D eigenvalue weighted by atomic mass is 32.2. The Hall–Kier alpha value is -2.67. The van der Waals surface area contributed by atoms with E-state index in [2.05, 4.69) is 4.40 Å². The normalized spacial score (nSPS) is 20.4. The SMILES string of the molecule is Cc1cccc(COC(=O)[C@H]2CCCN(C3=NS(=O)(=O)c4ccccc43)C2)c1. The van der Waals surface area contributed by atoms with E-state index in [0.29, 0.717) is 24.5 Å². The number of fused-ring (bicyclic) bond motifs is 1. The first-order valence-electron chi connectivity index (χ1n) is 9.35. The van der Waals surface area contributed by atoms with Gasteiger partial charge < -0.3 is 9.64 Å². The third kappa shape index (κ3) is 3.67. The second-order valence-electron chi connectivity index (χ2n) is 7.27. The van der Waals surface area contributed by atoms with E-state index >= 15 is 0 Å². The largest absolute Gasteiger partial charge is 0.461 e. The van der Waals surface area contributed by atoms with Crippen LogP contribution in [0, 0.1) is 12.8 Å². The number of ether oxygens (including phenoxy) is 1. The molecule has 1 fully saturated rings. The molecule has 0 N–H and O–H groups in total. The molecule has 2 heterocycles. The Kier molecular flexibility index (Phi) is 4.93. The molecule has 2 aliphatic rings. The van der Waals surface area contributed by atoms with Crippen molar-refractivity contribution in [2.45, 2.75) is 31.3 Å². The van der Waals surface area contributed by atoms with Crippen molar-refractivity contribution in [1.29, 1.82) is 0 Å². The van der Waals surface area contributed by atoms with Gasteiger partial charge in [-0.05, 0) is 37.5 Å². The van der Waals surface area contributed by atoms with Gasteiger partial charge in [-0.15, -0.1) is 4.40 Å². The van der Waals surface area contributed by atoms with E-state index < -0.39 is 10.0 Å². The van der Waals surface area contributed by atoms with Crippen LogP contribution in [-0.2, 0) is 26.2 Å². The number of nitrogens with zero attached hydrogens (tertiary/aromatic N) is 2. The van der Waals surface area contributed by atoms with E-state index in [0.717, 1.165) is 24.0 Å². The van der Waals surface area contributed by atoms with Crippen molar-refractivity contribution in [3.05, 3.63) is 65.2 Å². The molecular formula is C21H22N2O4S. The second kappa shape index (κ2) is 7.39. The molecule has 2 aromatic carbocycles. The molecule has 0 aromatic heterocycles. The Morgan fingerprint density at radius 2 is 2.04 bits per heavy atom. The minimum absolute atomic E-state index is 0.231. The van der Waals surface area contributed by atoms with Gasteiger partial charge in [-0.25, -0.2) is 0 Å². The molecule has 7 heteroatoms. The minimum atomic E-state index is -3.66. The number of esters is 1. The maximum absolute atomic E-state index is 12.6. The fraction of sp³-hybridized carbons (Fsp3) is 0.333. The number of hydrogen-bond acceptors (Lipinski definition) is 5. The summed E-state index contributed by atoms with van der Waals surface area (Å²) in [6.45, 7) is 3.33. The average molecular weight is 398 g/mol. The monoisotopic (exact) mass is 398 g/mol. The first kappa shape index (κ1) is 18.7. The van der Waals surface area contributed by atoms with Gasteiger partial charge in [0.05, 0.1) is 5.92 Å². The lowest BCUT2D eigenvalue weighted by Crippen LogP contribution is -2.42. The van der Waals surface area contributed by atoms with Crippen molar-refractivity contribution in [2.75, 3.05) is 13.1 Å². The molecule has 0 aliphatic carbocycles. The summed E-state index contributed by atoms with van der Waals surface area (Å²) in [6, 6.07) is 14.7. The topological polar surface area (TPSA) is 76.0 Å². The van der Waals surface area contributed by atoms with Crippen LogP contribution in [-0.4, -0.2) is 38.2 Å². The summed E-state index contributed by atoms with van der Waals surface area (Å²) in [5.74, 6) is -0.107. The molecule has 4 rings (SSSR count). The summed E-state index contributed by atoms with van der Waals surface area (Å²) in [4.78, 5) is 14.7. The van der Waals surface area contributed by atoms with E-state index in [1.54, 1.807) is 24.3 Å². The minimum Gasteiger partial charge on any atom is -0.461 e. The van der Waals surface area contributed by atoms with Crippen LogP contribution in [0.25, 0.3) is 0 Å². The zero-order chi connectivity index (χ0) is 19.7. The van der Waals surface area contributed by atoms with Crippen molar-refractivity contribution in [2.24, 2.45) is 10.3 Å². The summed E-state index contributed by atoms with van der Waals surface area (Å²) >= 11 is 0. The van der Waals surface area contributed by atoms with Crippen molar-refractivity contribution < 1.29 is 17.9 Å². The second-order valence-corrected chi connectivity index (χ2v) is 8.84. The average Bonchev–Trinajstić information content (AvgIpc) is 2.98. The lowest BCUT2D eigenvalue weighted by molar-refractivity contribution is -0.151. The van der Waals surface area contributed by atoms with E-state index in [1.807, 2.05) is 36.1 Å². The molecule has 0 saturated carbocycles. The molecule has 0 amide bonds. The van der Waals surface area contributed by atoms with E-state index in [9.17, 15) is 13.2 Å². The molecule has 2 aliphatic heterocycles. The van der Waals surface area contributed by atoms with Crippen LogP contribution in [0.4, 0.5) is 0 Å². The Bertz CT molecular complexity index is 1050. The Balaban J connectivity index is 1.46. The van der Waals surface area contributed by atoms with Gasteiger partial charge in [0.25, 0.3) is 10.0 Å². The number of carbonyl (C=O) groups excluding carboxylic acids is 1. The number of carbonyl (C=O) groups is 1. The quantitative estimate of drug-likeness (QED) is 0.743. The molecule has 0 unspecified atom stereocenters. The van der Waals surface area contributed by atoms with Gasteiger partial charge >= 0.3 is 5.97 Å². The van der Waals surface area contributed by atoms with Crippen LogP contribution in [0.15, 0.2) is 57.8 Å². The number of sulfonamides is 1. The number of rotatable bonds is 3.